The van der Waals surface area contributed by atoms with Crippen molar-refractivity contribution in [3.63, 3.8) is 0 Å². The molecule has 0 bridgehead atoms. The van der Waals surface area contributed by atoms with Crippen LogP contribution >= 0.6 is 11.8 Å². The number of nitrogens with one attached hydrogen (secondary N) is 2. The molecule has 4 amide bonds. The van der Waals surface area contributed by atoms with E-state index in [9.17, 15) is 33.9 Å². The second-order valence-electron chi connectivity index (χ2n) is 10.3. The van der Waals surface area contributed by atoms with Crippen molar-refractivity contribution in [1.82, 2.24) is 15.5 Å². The number of imide groups is 1. The van der Waals surface area contributed by atoms with Gasteiger partial charge in [0, 0.05) is 19.9 Å². The summed E-state index contributed by atoms with van der Waals surface area (Å²) in [4.78, 5) is 76.7. The summed E-state index contributed by atoms with van der Waals surface area (Å²) in [6.07, 6.45) is 0.765. The molecule has 11 heteroatoms. The van der Waals surface area contributed by atoms with E-state index in [2.05, 4.69) is 10.6 Å². The molecule has 0 aromatic heterocycles. The molecule has 0 aliphatic carbocycles. The number of hydrogen-bond donors (Lipinski definition) is 3. The first-order valence-corrected chi connectivity index (χ1v) is 14.4. The van der Waals surface area contributed by atoms with Gasteiger partial charge in [0.2, 0.25) is 11.8 Å². The minimum atomic E-state index is -1.20. The van der Waals surface area contributed by atoms with Gasteiger partial charge in [-0.1, -0.05) is 68.1 Å². The Morgan fingerprint density at radius 3 is 1.95 bits per heavy atom. The molecule has 0 radical (unpaired) electrons. The van der Waals surface area contributed by atoms with Crippen molar-refractivity contribution in [1.29, 1.82) is 0 Å². The fraction of sp³-hybridized carbons (Fsp3) is 0.400. The number of carboxylic acids is 1. The second kappa shape index (κ2) is 14.6. The highest BCUT2D eigenvalue weighted by Gasteiger charge is 2.35. The Hall–Kier alpha value is -3.99. The van der Waals surface area contributed by atoms with Crippen LogP contribution in [0.5, 0.6) is 0 Å². The number of hydrogen-bond acceptors (Lipinski definition) is 7. The summed E-state index contributed by atoms with van der Waals surface area (Å²) in [6, 6.07) is 13.2. The highest BCUT2D eigenvalue weighted by molar-refractivity contribution is 8.14. The highest BCUT2D eigenvalue weighted by Crippen LogP contribution is 2.24. The zero-order valence-electron chi connectivity index (χ0n) is 23.3. The van der Waals surface area contributed by atoms with Crippen LogP contribution in [-0.2, 0) is 25.6 Å². The van der Waals surface area contributed by atoms with Crippen LogP contribution in [0.25, 0.3) is 0 Å². The van der Waals surface area contributed by atoms with Gasteiger partial charge >= 0.3 is 5.97 Å². The van der Waals surface area contributed by atoms with E-state index < -0.39 is 46.9 Å². The van der Waals surface area contributed by atoms with Crippen LogP contribution in [0.4, 0.5) is 0 Å². The van der Waals surface area contributed by atoms with Gasteiger partial charge in [-0.25, -0.2) is 4.79 Å². The van der Waals surface area contributed by atoms with Crippen molar-refractivity contribution in [3.05, 3.63) is 71.3 Å². The van der Waals surface area contributed by atoms with Crippen molar-refractivity contribution >= 4 is 46.5 Å². The quantitative estimate of drug-likeness (QED) is 0.288. The van der Waals surface area contributed by atoms with Crippen LogP contribution < -0.4 is 10.6 Å². The smallest absolute Gasteiger partial charge is 0.326 e. The lowest BCUT2D eigenvalue weighted by Crippen LogP contribution is -2.54. The molecule has 3 N–H and O–H groups in total. The van der Waals surface area contributed by atoms with E-state index in [1.165, 1.54) is 6.92 Å². The predicted octanol–water partition coefficient (Wildman–Crippen LogP) is 3.05. The number of nitrogens with zero attached hydrogens (tertiary/aromatic N) is 1. The van der Waals surface area contributed by atoms with Crippen molar-refractivity contribution < 1.29 is 33.9 Å². The molecule has 3 atom stereocenters. The van der Waals surface area contributed by atoms with Gasteiger partial charge in [-0.3, -0.25) is 28.9 Å². The van der Waals surface area contributed by atoms with Gasteiger partial charge in [0.15, 0.2) is 5.12 Å². The minimum absolute atomic E-state index is 0.00353. The number of benzene rings is 2. The summed E-state index contributed by atoms with van der Waals surface area (Å²) in [5, 5.41) is 13.8. The number of fused-ring (bicyclic) bond motifs is 1. The topological polar surface area (TPSA) is 150 Å². The normalized spacial score (nSPS) is 14.8. The Morgan fingerprint density at radius 2 is 1.41 bits per heavy atom. The summed E-state index contributed by atoms with van der Waals surface area (Å²) < 4.78 is 0. The molecule has 1 aliphatic rings. The Balaban J connectivity index is 1.65. The average molecular weight is 582 g/mol. The van der Waals surface area contributed by atoms with E-state index in [1.807, 2.05) is 13.8 Å². The summed E-state index contributed by atoms with van der Waals surface area (Å²) >= 11 is 0.807. The van der Waals surface area contributed by atoms with E-state index >= 15 is 0 Å². The van der Waals surface area contributed by atoms with Crippen LogP contribution in [0.1, 0.15) is 66.3 Å². The second-order valence-corrected chi connectivity index (χ2v) is 11.7. The fourth-order valence-electron chi connectivity index (χ4n) is 4.61. The lowest BCUT2D eigenvalue weighted by Gasteiger charge is -2.25. The number of rotatable bonds is 14. The van der Waals surface area contributed by atoms with Gasteiger partial charge in [-0.05, 0) is 42.9 Å². The third kappa shape index (κ3) is 8.75. The molecule has 41 heavy (non-hydrogen) atoms. The van der Waals surface area contributed by atoms with Crippen molar-refractivity contribution in [3.8, 4) is 0 Å². The van der Waals surface area contributed by atoms with Gasteiger partial charge in [0.05, 0.1) is 16.4 Å². The average Bonchev–Trinajstić information content (AvgIpc) is 3.16. The van der Waals surface area contributed by atoms with Crippen molar-refractivity contribution in [2.75, 3.05) is 6.54 Å². The maximum atomic E-state index is 13.3. The first-order chi connectivity index (χ1) is 19.5. The molecule has 0 spiro atoms. The molecular weight excluding hydrogens is 546 g/mol. The van der Waals surface area contributed by atoms with Gasteiger partial charge < -0.3 is 15.7 Å². The van der Waals surface area contributed by atoms with Crippen molar-refractivity contribution in [2.24, 2.45) is 5.92 Å². The van der Waals surface area contributed by atoms with Gasteiger partial charge in [0.1, 0.15) is 12.1 Å². The van der Waals surface area contributed by atoms with Crippen LogP contribution in [0, 0.1) is 5.92 Å². The molecule has 0 saturated heterocycles. The van der Waals surface area contributed by atoms with Crippen LogP contribution in [0.3, 0.4) is 0 Å². The molecule has 218 valence electrons. The molecule has 2 aromatic carbocycles. The molecule has 0 fully saturated rings. The lowest BCUT2D eigenvalue weighted by atomic mass is 10.0. The fourth-order valence-corrected chi connectivity index (χ4v) is 5.47. The zero-order chi connectivity index (χ0) is 30.1. The molecule has 10 nitrogen and oxygen atoms in total. The predicted molar refractivity (Wildman–Crippen MR) is 154 cm³/mol. The van der Waals surface area contributed by atoms with E-state index in [4.69, 9.17) is 0 Å². The number of thioether (sulfide) groups is 1. The van der Waals surface area contributed by atoms with E-state index in [-0.39, 0.29) is 43.3 Å². The number of carbonyl (C=O) groups is 6. The van der Waals surface area contributed by atoms with Crippen LogP contribution in [0.2, 0.25) is 0 Å². The maximum absolute atomic E-state index is 13.3. The van der Waals surface area contributed by atoms with E-state index in [1.54, 1.807) is 54.6 Å². The number of aliphatic carboxylic acids is 1. The van der Waals surface area contributed by atoms with Crippen LogP contribution in [0.15, 0.2) is 54.6 Å². The largest absolute Gasteiger partial charge is 0.480 e. The maximum Gasteiger partial charge on any atom is 0.326 e. The molecule has 1 heterocycles. The van der Waals surface area contributed by atoms with E-state index in [0.29, 0.717) is 11.1 Å². The standard InChI is InChI=1S/C30H35N3O7S/c1-18(2)16-23(26(35)32-24(30(39)40)17-20-10-5-4-6-11-20)31-27(36)25(41-19(3)34)14-9-15-33-28(37)21-12-7-8-13-22(21)29(33)38/h4-8,10-13,18,23-25H,9,14-17H2,1-3H3,(H,31,36)(H,32,35)(H,39,40)/t23?,24-,25?/m0/s1. The lowest BCUT2D eigenvalue weighted by molar-refractivity contribution is -0.142. The summed E-state index contributed by atoms with van der Waals surface area (Å²) in [6.45, 7) is 5.14. The van der Waals surface area contributed by atoms with Crippen LogP contribution in [-0.4, -0.2) is 68.6 Å². The Bertz CT molecular complexity index is 1260. The molecule has 0 saturated carbocycles. The Labute approximate surface area is 243 Å². The SMILES string of the molecule is CC(=O)SC(CCCN1C(=O)c2ccccc2C1=O)C(=O)NC(CC(C)C)C(=O)N[C@@H](Cc1ccccc1)C(=O)O. The van der Waals surface area contributed by atoms with Gasteiger partial charge in [-0.2, -0.15) is 0 Å². The van der Waals surface area contributed by atoms with Gasteiger partial charge in [-0.15, -0.1) is 0 Å². The summed E-state index contributed by atoms with van der Waals surface area (Å²) in [7, 11) is 0. The Morgan fingerprint density at radius 1 is 0.854 bits per heavy atom. The molecule has 2 aromatic rings. The number of carboxylic acid groups (broad SMARTS) is 1. The molecule has 2 unspecified atom stereocenters. The number of carbonyl (C=O) groups excluding carboxylic acids is 5. The highest BCUT2D eigenvalue weighted by atomic mass is 32.2. The monoisotopic (exact) mass is 581 g/mol. The first kappa shape index (κ1) is 31.5. The summed E-state index contributed by atoms with van der Waals surface area (Å²) in [5.74, 6) is -3.19. The van der Waals surface area contributed by atoms with Gasteiger partial charge in [0.25, 0.3) is 11.8 Å². The van der Waals surface area contributed by atoms with E-state index in [0.717, 1.165) is 22.2 Å². The van der Waals surface area contributed by atoms with Crippen molar-refractivity contribution in [2.45, 2.75) is 63.8 Å². The first-order valence-electron chi connectivity index (χ1n) is 13.5. The zero-order valence-corrected chi connectivity index (χ0v) is 24.1. The third-order valence-corrected chi connectivity index (χ3v) is 7.63. The molecule has 1 aliphatic heterocycles. The molecular formula is C30H35N3O7S. The minimum Gasteiger partial charge on any atom is -0.480 e. The third-order valence-electron chi connectivity index (χ3n) is 6.56. The summed E-state index contributed by atoms with van der Waals surface area (Å²) in [5.41, 5.74) is 1.40. The number of amides is 4. The molecule has 3 rings (SSSR count). The Kier molecular flexibility index (Phi) is 11.2.